The number of nitrogens with zero attached hydrogens (tertiary/aromatic N) is 3. The van der Waals surface area contributed by atoms with Gasteiger partial charge in [0.1, 0.15) is 17.2 Å². The lowest BCUT2D eigenvalue weighted by atomic mass is 10.0. The molecular formula is C35H38N4O4. The van der Waals surface area contributed by atoms with E-state index in [4.69, 9.17) is 9.47 Å². The number of para-hydroxylation sites is 2. The number of benzene rings is 3. The molecule has 0 spiro atoms. The SMILES string of the molecule is COc1ccccc1-c1ccc(C(=O)N2Cc3ccc(C(=O)NCCN4CCCCC4)n3Cc3ccccc32)cc1OC. The number of carbonyl (C=O) groups is 2. The van der Waals surface area contributed by atoms with Gasteiger partial charge in [-0.15, -0.1) is 0 Å². The van der Waals surface area contributed by atoms with Crippen molar-refractivity contribution in [3.63, 3.8) is 0 Å². The first-order valence-electron chi connectivity index (χ1n) is 15.0. The van der Waals surface area contributed by atoms with E-state index in [1.807, 2.05) is 77.4 Å². The van der Waals surface area contributed by atoms with Crippen molar-refractivity contribution in [3.8, 4) is 22.6 Å². The lowest BCUT2D eigenvalue weighted by Crippen LogP contribution is -2.38. The lowest BCUT2D eigenvalue weighted by molar-refractivity contribution is 0.0937. The van der Waals surface area contributed by atoms with Crippen LogP contribution in [0.3, 0.4) is 0 Å². The second-order valence-electron chi connectivity index (χ2n) is 11.1. The van der Waals surface area contributed by atoms with E-state index in [-0.39, 0.29) is 11.8 Å². The molecule has 3 heterocycles. The lowest BCUT2D eigenvalue weighted by Gasteiger charge is -2.26. The van der Waals surface area contributed by atoms with Gasteiger partial charge in [0.15, 0.2) is 0 Å². The molecule has 0 saturated carbocycles. The van der Waals surface area contributed by atoms with Crippen molar-refractivity contribution in [1.82, 2.24) is 14.8 Å². The van der Waals surface area contributed by atoms with E-state index < -0.39 is 0 Å². The number of likely N-dealkylation sites (tertiary alicyclic amines) is 1. The standard InChI is InChI=1S/C35H38N4O4/c1-42-32-13-7-5-11-28(32)29-16-14-25(22-33(29)43-2)35(41)39-24-27-15-17-31(38(27)23-26-10-4-6-12-30(26)39)34(40)36-18-21-37-19-8-3-9-20-37/h4-7,10-17,22H,3,8-9,18-21,23-24H2,1-2H3,(H,36,40). The zero-order chi connectivity index (χ0) is 29.8. The van der Waals surface area contributed by atoms with E-state index in [9.17, 15) is 9.59 Å². The Morgan fingerprint density at radius 1 is 0.791 bits per heavy atom. The van der Waals surface area contributed by atoms with Crippen LogP contribution in [-0.4, -0.2) is 61.7 Å². The third-order valence-corrected chi connectivity index (χ3v) is 8.49. The summed E-state index contributed by atoms with van der Waals surface area (Å²) in [5.41, 5.74) is 5.58. The highest BCUT2D eigenvalue weighted by Crippen LogP contribution is 2.38. The van der Waals surface area contributed by atoms with Crippen LogP contribution in [0.25, 0.3) is 11.1 Å². The molecule has 0 aliphatic carbocycles. The number of methoxy groups -OCH3 is 2. The van der Waals surface area contributed by atoms with E-state index in [1.165, 1.54) is 19.3 Å². The molecule has 0 bridgehead atoms. The average molecular weight is 579 g/mol. The predicted octanol–water partition coefficient (Wildman–Crippen LogP) is 5.60. The van der Waals surface area contributed by atoms with Gasteiger partial charge in [0.25, 0.3) is 11.8 Å². The number of amides is 2. The van der Waals surface area contributed by atoms with Gasteiger partial charge in [-0.2, -0.15) is 0 Å². The number of fused-ring (bicyclic) bond motifs is 2. The number of rotatable bonds is 8. The van der Waals surface area contributed by atoms with Crippen LogP contribution >= 0.6 is 0 Å². The number of hydrogen-bond acceptors (Lipinski definition) is 5. The maximum atomic E-state index is 14.1. The van der Waals surface area contributed by atoms with E-state index in [0.29, 0.717) is 36.6 Å². The summed E-state index contributed by atoms with van der Waals surface area (Å²) in [6.07, 6.45) is 3.75. The number of anilines is 1. The topological polar surface area (TPSA) is 76.0 Å². The summed E-state index contributed by atoms with van der Waals surface area (Å²) in [6, 6.07) is 25.0. The van der Waals surface area contributed by atoms with Gasteiger partial charge in [0.05, 0.1) is 27.3 Å². The molecule has 0 atom stereocenters. The second-order valence-corrected chi connectivity index (χ2v) is 11.1. The Bertz CT molecular complexity index is 1620. The molecule has 3 aromatic carbocycles. The van der Waals surface area contributed by atoms with Crippen molar-refractivity contribution in [2.24, 2.45) is 0 Å². The van der Waals surface area contributed by atoms with E-state index in [2.05, 4.69) is 10.2 Å². The van der Waals surface area contributed by atoms with Crippen molar-refractivity contribution < 1.29 is 19.1 Å². The monoisotopic (exact) mass is 578 g/mol. The first-order chi connectivity index (χ1) is 21.1. The molecule has 4 aromatic rings. The summed E-state index contributed by atoms with van der Waals surface area (Å²) in [5, 5.41) is 3.12. The number of piperidine rings is 1. The molecule has 1 N–H and O–H groups in total. The quantitative estimate of drug-likeness (QED) is 0.295. The van der Waals surface area contributed by atoms with Gasteiger partial charge in [-0.05, 0) is 74.0 Å². The maximum Gasteiger partial charge on any atom is 0.267 e. The number of ether oxygens (including phenoxy) is 2. The van der Waals surface area contributed by atoms with Gasteiger partial charge in [-0.3, -0.25) is 9.59 Å². The first-order valence-corrected chi connectivity index (χ1v) is 15.0. The fourth-order valence-corrected chi connectivity index (χ4v) is 6.21. The van der Waals surface area contributed by atoms with Crippen molar-refractivity contribution in [2.45, 2.75) is 32.4 Å². The molecule has 43 heavy (non-hydrogen) atoms. The molecule has 2 aliphatic rings. The van der Waals surface area contributed by atoms with Crippen molar-refractivity contribution in [1.29, 1.82) is 0 Å². The molecule has 2 aliphatic heterocycles. The highest BCUT2D eigenvalue weighted by molar-refractivity contribution is 6.07. The van der Waals surface area contributed by atoms with Gasteiger partial charge < -0.3 is 29.2 Å². The Morgan fingerprint density at radius 3 is 2.35 bits per heavy atom. The first kappa shape index (κ1) is 28.6. The van der Waals surface area contributed by atoms with E-state index in [1.54, 1.807) is 25.2 Å². The van der Waals surface area contributed by atoms with Crippen LogP contribution in [0.5, 0.6) is 11.5 Å². The van der Waals surface area contributed by atoms with Gasteiger partial charge >= 0.3 is 0 Å². The Hall–Kier alpha value is -4.56. The zero-order valence-corrected chi connectivity index (χ0v) is 24.8. The van der Waals surface area contributed by atoms with Crippen LogP contribution in [0.4, 0.5) is 5.69 Å². The van der Waals surface area contributed by atoms with E-state index >= 15 is 0 Å². The number of carbonyl (C=O) groups excluding carboxylic acids is 2. The minimum atomic E-state index is -0.139. The number of nitrogens with one attached hydrogen (secondary N) is 1. The average Bonchev–Trinajstić information content (AvgIpc) is 3.37. The molecule has 1 fully saturated rings. The predicted molar refractivity (Wildman–Crippen MR) is 168 cm³/mol. The summed E-state index contributed by atoms with van der Waals surface area (Å²) < 4.78 is 13.3. The highest BCUT2D eigenvalue weighted by atomic mass is 16.5. The van der Waals surface area contributed by atoms with Gasteiger partial charge in [0.2, 0.25) is 0 Å². The molecule has 8 nitrogen and oxygen atoms in total. The Labute approximate surface area is 252 Å². The molecule has 6 rings (SSSR count). The molecule has 0 radical (unpaired) electrons. The molecule has 222 valence electrons. The Balaban J connectivity index is 1.26. The zero-order valence-electron chi connectivity index (χ0n) is 24.8. The van der Waals surface area contributed by atoms with Crippen LogP contribution in [0.2, 0.25) is 0 Å². The Kier molecular flexibility index (Phi) is 8.47. The normalized spacial score (nSPS) is 14.8. The molecule has 2 amide bonds. The maximum absolute atomic E-state index is 14.1. The molecule has 1 saturated heterocycles. The largest absolute Gasteiger partial charge is 0.496 e. The van der Waals surface area contributed by atoms with Gasteiger partial charge in [-0.25, -0.2) is 0 Å². The fourth-order valence-electron chi connectivity index (χ4n) is 6.21. The summed E-state index contributed by atoms with van der Waals surface area (Å²) in [4.78, 5) is 31.7. The summed E-state index contributed by atoms with van der Waals surface area (Å²) in [7, 11) is 3.25. The highest BCUT2D eigenvalue weighted by Gasteiger charge is 2.28. The number of aromatic nitrogens is 1. The summed E-state index contributed by atoms with van der Waals surface area (Å²) in [6.45, 7) is 4.54. The minimum absolute atomic E-state index is 0.0859. The summed E-state index contributed by atoms with van der Waals surface area (Å²) >= 11 is 0. The smallest absolute Gasteiger partial charge is 0.267 e. The van der Waals surface area contributed by atoms with Gasteiger partial charge in [-0.1, -0.05) is 42.8 Å². The molecule has 1 aromatic heterocycles. The fraction of sp³-hybridized carbons (Fsp3) is 0.314. The number of hydrogen-bond donors (Lipinski definition) is 1. The summed E-state index contributed by atoms with van der Waals surface area (Å²) in [5.74, 6) is 1.09. The third-order valence-electron chi connectivity index (χ3n) is 8.49. The van der Waals surface area contributed by atoms with Crippen LogP contribution in [0, 0.1) is 0 Å². The van der Waals surface area contributed by atoms with Crippen molar-refractivity contribution >= 4 is 17.5 Å². The Morgan fingerprint density at radius 2 is 1.53 bits per heavy atom. The molecular weight excluding hydrogens is 540 g/mol. The van der Waals surface area contributed by atoms with Crippen molar-refractivity contribution in [2.75, 3.05) is 45.3 Å². The van der Waals surface area contributed by atoms with Crippen LogP contribution in [0.1, 0.15) is 51.4 Å². The van der Waals surface area contributed by atoms with Crippen LogP contribution in [0.15, 0.2) is 78.9 Å². The minimum Gasteiger partial charge on any atom is -0.496 e. The van der Waals surface area contributed by atoms with Gasteiger partial charge in [0, 0.05) is 41.2 Å². The van der Waals surface area contributed by atoms with Crippen LogP contribution < -0.4 is 19.7 Å². The third kappa shape index (κ3) is 5.88. The van der Waals surface area contributed by atoms with E-state index in [0.717, 1.165) is 53.5 Å². The van der Waals surface area contributed by atoms with Crippen LogP contribution in [-0.2, 0) is 13.1 Å². The van der Waals surface area contributed by atoms with Crippen molar-refractivity contribution in [3.05, 3.63) is 101 Å². The molecule has 8 heteroatoms. The molecule has 0 unspecified atom stereocenters. The second kappa shape index (κ2) is 12.8.